The predicted molar refractivity (Wildman–Crippen MR) is 245 cm³/mol. The van der Waals surface area contributed by atoms with Gasteiger partial charge in [-0.2, -0.15) is 0 Å². The number of hydrogen-bond donors (Lipinski definition) is 0. The van der Waals surface area contributed by atoms with Gasteiger partial charge in [-0.15, -0.1) is 0 Å². The van der Waals surface area contributed by atoms with Crippen molar-refractivity contribution in [3.8, 4) is 0 Å². The SMILES string of the molecule is CCCCCCCCCCCC/C=C/CCCCCCCCCC(=O)OCC(COCCC(C(=O)[O-])[N+](C)(C)C)OC(=O)CCCCCCCCCCCCCCCC. The van der Waals surface area contributed by atoms with E-state index < -0.39 is 18.1 Å². The number of nitrogens with zero attached hydrogens (tertiary/aromatic N) is 1. The second-order valence-corrected chi connectivity index (χ2v) is 18.4. The van der Waals surface area contributed by atoms with E-state index in [-0.39, 0.29) is 42.7 Å². The average molecular weight is 836 g/mol. The fraction of sp³-hybridized carbons (Fsp3) is 0.902. The molecule has 348 valence electrons. The van der Waals surface area contributed by atoms with E-state index in [1.807, 2.05) is 21.1 Å². The van der Waals surface area contributed by atoms with Crippen LogP contribution in [0.15, 0.2) is 12.2 Å². The van der Waals surface area contributed by atoms with Gasteiger partial charge in [-0.25, -0.2) is 0 Å². The van der Waals surface area contributed by atoms with E-state index in [0.29, 0.717) is 12.8 Å². The lowest BCUT2D eigenvalue weighted by atomic mass is 10.0. The lowest BCUT2D eigenvalue weighted by molar-refractivity contribution is -0.889. The standard InChI is InChI=1S/C51H97NO7/c1-6-8-10-12-14-16-18-20-22-23-24-25-26-27-28-30-31-33-35-37-39-41-49(53)58-46-47(45-57-44-43-48(51(55)56)52(3,4)5)59-50(54)42-40-38-36-34-32-29-21-19-17-15-13-11-9-7-2/h25-26,47-48H,6-24,27-46H2,1-5H3/b26-25+. The fourth-order valence-corrected chi connectivity index (χ4v) is 7.71. The maximum atomic E-state index is 12.7. The molecule has 0 amide bonds. The lowest BCUT2D eigenvalue weighted by Gasteiger charge is -2.34. The number of likely N-dealkylation sites (N-methyl/N-ethyl adjacent to an activating group) is 1. The van der Waals surface area contributed by atoms with Crippen molar-refractivity contribution in [1.29, 1.82) is 0 Å². The molecule has 59 heavy (non-hydrogen) atoms. The third kappa shape index (κ3) is 41.2. The summed E-state index contributed by atoms with van der Waals surface area (Å²) in [4.78, 5) is 37.0. The van der Waals surface area contributed by atoms with Crippen molar-refractivity contribution in [1.82, 2.24) is 0 Å². The molecule has 0 N–H and O–H groups in total. The van der Waals surface area contributed by atoms with Crippen LogP contribution < -0.4 is 5.11 Å². The molecular formula is C51H97NO7. The van der Waals surface area contributed by atoms with Crippen molar-refractivity contribution in [3.63, 3.8) is 0 Å². The summed E-state index contributed by atoms with van der Waals surface area (Å²) >= 11 is 0. The molecule has 0 aromatic carbocycles. The highest BCUT2D eigenvalue weighted by atomic mass is 16.6. The number of unbranched alkanes of at least 4 members (excludes halogenated alkanes) is 30. The van der Waals surface area contributed by atoms with Crippen LogP contribution in [0.5, 0.6) is 0 Å². The van der Waals surface area contributed by atoms with Crippen LogP contribution in [0.2, 0.25) is 0 Å². The van der Waals surface area contributed by atoms with E-state index in [1.165, 1.54) is 173 Å². The number of allylic oxidation sites excluding steroid dienone is 2. The number of carboxylic acid groups (broad SMARTS) is 1. The Bertz CT molecular complexity index is 978. The number of hydrogen-bond acceptors (Lipinski definition) is 7. The van der Waals surface area contributed by atoms with Crippen molar-refractivity contribution in [3.05, 3.63) is 12.2 Å². The Morgan fingerprint density at radius 1 is 0.492 bits per heavy atom. The number of rotatable bonds is 46. The van der Waals surface area contributed by atoms with Gasteiger partial charge < -0.3 is 28.6 Å². The van der Waals surface area contributed by atoms with Crippen LogP contribution in [0, 0.1) is 0 Å². The zero-order chi connectivity index (χ0) is 43.5. The van der Waals surface area contributed by atoms with Gasteiger partial charge in [0.1, 0.15) is 12.6 Å². The number of carbonyl (C=O) groups is 3. The van der Waals surface area contributed by atoms with E-state index in [4.69, 9.17) is 14.2 Å². The number of carboxylic acids is 1. The molecule has 2 atom stereocenters. The van der Waals surface area contributed by atoms with Crippen LogP contribution in [-0.2, 0) is 28.6 Å². The summed E-state index contributed by atoms with van der Waals surface area (Å²) in [5.74, 6) is -1.72. The van der Waals surface area contributed by atoms with Gasteiger partial charge in [-0.05, 0) is 38.5 Å². The van der Waals surface area contributed by atoms with Crippen LogP contribution >= 0.6 is 0 Å². The molecule has 0 aliphatic rings. The third-order valence-corrected chi connectivity index (χ3v) is 11.7. The summed E-state index contributed by atoms with van der Waals surface area (Å²) in [6.45, 7) is 4.70. The Morgan fingerprint density at radius 3 is 1.22 bits per heavy atom. The van der Waals surface area contributed by atoms with Crippen LogP contribution in [0.4, 0.5) is 0 Å². The van der Waals surface area contributed by atoms with Gasteiger partial charge >= 0.3 is 11.9 Å². The van der Waals surface area contributed by atoms with E-state index in [1.54, 1.807) is 0 Å². The average Bonchev–Trinajstić information content (AvgIpc) is 3.19. The van der Waals surface area contributed by atoms with Gasteiger partial charge in [0.25, 0.3) is 0 Å². The number of ether oxygens (including phenoxy) is 3. The first-order valence-electron chi connectivity index (χ1n) is 25.2. The summed E-state index contributed by atoms with van der Waals surface area (Å²) in [7, 11) is 5.42. The second kappa shape index (κ2) is 42.7. The molecule has 0 bridgehead atoms. The van der Waals surface area contributed by atoms with Crippen molar-refractivity contribution >= 4 is 17.9 Å². The summed E-state index contributed by atoms with van der Waals surface area (Å²) < 4.78 is 17.2. The highest BCUT2D eigenvalue weighted by molar-refractivity contribution is 5.70. The Hall–Kier alpha value is -1.93. The molecule has 0 aromatic heterocycles. The molecule has 0 spiro atoms. The molecule has 8 nitrogen and oxygen atoms in total. The molecule has 0 aliphatic carbocycles. The van der Waals surface area contributed by atoms with Gasteiger partial charge in [0.15, 0.2) is 6.10 Å². The zero-order valence-electron chi connectivity index (χ0n) is 39.7. The number of quaternary nitrogens is 1. The van der Waals surface area contributed by atoms with E-state index in [0.717, 1.165) is 38.5 Å². The molecule has 0 saturated heterocycles. The summed E-state index contributed by atoms with van der Waals surface area (Å²) in [6.07, 6.45) is 46.7. The normalized spacial score (nSPS) is 12.9. The van der Waals surface area contributed by atoms with Crippen molar-refractivity contribution < 1.29 is 38.2 Å². The molecule has 0 rings (SSSR count). The zero-order valence-corrected chi connectivity index (χ0v) is 39.7. The highest BCUT2D eigenvalue weighted by Crippen LogP contribution is 2.16. The largest absolute Gasteiger partial charge is 0.544 e. The van der Waals surface area contributed by atoms with Gasteiger partial charge in [0.05, 0.1) is 40.3 Å². The van der Waals surface area contributed by atoms with Crippen LogP contribution in [0.1, 0.15) is 245 Å². The molecule has 0 radical (unpaired) electrons. The van der Waals surface area contributed by atoms with E-state index in [2.05, 4.69) is 26.0 Å². The van der Waals surface area contributed by atoms with Crippen molar-refractivity contribution in [2.24, 2.45) is 0 Å². The first-order valence-corrected chi connectivity index (χ1v) is 25.2. The van der Waals surface area contributed by atoms with Gasteiger partial charge in [-0.1, -0.05) is 199 Å². The molecular weight excluding hydrogens is 739 g/mol. The minimum Gasteiger partial charge on any atom is -0.544 e. The quantitative estimate of drug-likeness (QED) is 0.0260. The van der Waals surface area contributed by atoms with Crippen molar-refractivity contribution in [2.45, 2.75) is 257 Å². The first kappa shape index (κ1) is 57.1. The minimum absolute atomic E-state index is 0.0455. The van der Waals surface area contributed by atoms with Crippen LogP contribution in [0.3, 0.4) is 0 Å². The van der Waals surface area contributed by atoms with Crippen LogP contribution in [0.25, 0.3) is 0 Å². The first-order chi connectivity index (χ1) is 28.6. The van der Waals surface area contributed by atoms with Gasteiger partial charge in [-0.3, -0.25) is 9.59 Å². The minimum atomic E-state index is -1.12. The topological polar surface area (TPSA) is 102 Å². The summed E-state index contributed by atoms with van der Waals surface area (Å²) in [5, 5.41) is 11.6. The molecule has 8 heteroatoms. The Morgan fingerprint density at radius 2 is 0.847 bits per heavy atom. The molecule has 0 fully saturated rings. The molecule has 2 unspecified atom stereocenters. The number of aliphatic carboxylic acids is 1. The predicted octanol–water partition coefficient (Wildman–Crippen LogP) is 12.9. The molecule has 0 saturated carbocycles. The van der Waals surface area contributed by atoms with Crippen molar-refractivity contribution in [2.75, 3.05) is 41.0 Å². The fourth-order valence-electron chi connectivity index (χ4n) is 7.71. The van der Waals surface area contributed by atoms with Crippen LogP contribution in [-0.4, -0.2) is 75.5 Å². The maximum Gasteiger partial charge on any atom is 0.306 e. The molecule has 0 aliphatic heterocycles. The monoisotopic (exact) mass is 836 g/mol. The number of carbonyl (C=O) groups excluding carboxylic acids is 3. The highest BCUT2D eigenvalue weighted by Gasteiger charge is 2.25. The molecule has 0 aromatic rings. The smallest absolute Gasteiger partial charge is 0.306 e. The maximum absolute atomic E-state index is 12.7. The Kier molecular flexibility index (Phi) is 41.3. The Labute approximate surface area is 365 Å². The van der Waals surface area contributed by atoms with Gasteiger partial charge in [0, 0.05) is 19.3 Å². The van der Waals surface area contributed by atoms with E-state index in [9.17, 15) is 19.5 Å². The number of esters is 2. The molecule has 0 heterocycles. The van der Waals surface area contributed by atoms with Gasteiger partial charge in [0.2, 0.25) is 0 Å². The summed E-state index contributed by atoms with van der Waals surface area (Å²) in [5.41, 5.74) is 0. The van der Waals surface area contributed by atoms with E-state index >= 15 is 0 Å². The summed E-state index contributed by atoms with van der Waals surface area (Å²) in [6, 6.07) is -0.722. The second-order valence-electron chi connectivity index (χ2n) is 18.4. The Balaban J connectivity index is 4.20. The lowest BCUT2D eigenvalue weighted by Crippen LogP contribution is -2.55. The third-order valence-electron chi connectivity index (χ3n) is 11.7.